The average Bonchev–Trinajstić information content (AvgIpc) is 3.13. The number of piperidine rings is 1. The smallest absolute Gasteiger partial charge is 0.416 e. The fraction of sp³-hybridized carbons (Fsp3) is 0.647. The summed E-state index contributed by atoms with van der Waals surface area (Å²) in [6.07, 6.45) is -1.84. The van der Waals surface area contributed by atoms with E-state index in [1.54, 1.807) is 18.2 Å². The van der Waals surface area contributed by atoms with Gasteiger partial charge in [-0.3, -0.25) is 0 Å². The standard InChI is InChI=1S/C17H22F3NO3S/c1-11(2)25(22,23)21-14-7-6-12(8-14)16(21)10-24-15-5-3-4-13(9-15)17(18,19)20/h3-5,9,11-12,14,16H,6-8,10H2,1-2H3/t12-,14-,16+/m0/s1. The van der Waals surface area contributed by atoms with E-state index in [0.717, 1.165) is 31.4 Å². The van der Waals surface area contributed by atoms with Gasteiger partial charge in [0, 0.05) is 6.04 Å². The van der Waals surface area contributed by atoms with Crippen molar-refractivity contribution in [1.82, 2.24) is 4.31 Å². The van der Waals surface area contributed by atoms with Crippen LogP contribution in [0.4, 0.5) is 13.2 Å². The van der Waals surface area contributed by atoms with Crippen LogP contribution in [0, 0.1) is 5.92 Å². The third kappa shape index (κ3) is 3.51. The predicted octanol–water partition coefficient (Wildman–Crippen LogP) is 3.68. The second-order valence-corrected chi connectivity index (χ2v) is 9.45. The van der Waals surface area contributed by atoms with E-state index in [4.69, 9.17) is 4.74 Å². The van der Waals surface area contributed by atoms with Gasteiger partial charge in [-0.15, -0.1) is 0 Å². The summed E-state index contributed by atoms with van der Waals surface area (Å²) in [6, 6.07) is 4.38. The topological polar surface area (TPSA) is 46.6 Å². The van der Waals surface area contributed by atoms with Crippen LogP contribution in [0.3, 0.4) is 0 Å². The van der Waals surface area contributed by atoms with Crippen LogP contribution in [-0.4, -0.2) is 36.7 Å². The number of hydrogen-bond acceptors (Lipinski definition) is 3. The summed E-state index contributed by atoms with van der Waals surface area (Å²) >= 11 is 0. The molecule has 0 N–H and O–H groups in total. The first-order valence-corrected chi connectivity index (χ1v) is 9.93. The maximum absolute atomic E-state index is 12.8. The van der Waals surface area contributed by atoms with Crippen molar-refractivity contribution in [3.05, 3.63) is 29.8 Å². The number of ether oxygens (including phenoxy) is 1. The number of fused-ring (bicyclic) bond motifs is 2. The Morgan fingerprint density at radius 2 is 2.00 bits per heavy atom. The molecule has 0 unspecified atom stereocenters. The van der Waals surface area contributed by atoms with Crippen LogP contribution in [0.15, 0.2) is 24.3 Å². The molecule has 3 atom stereocenters. The maximum atomic E-state index is 12.8. The average molecular weight is 377 g/mol. The third-order valence-electron chi connectivity index (χ3n) is 5.15. The van der Waals surface area contributed by atoms with Gasteiger partial charge in [-0.05, 0) is 57.2 Å². The van der Waals surface area contributed by atoms with Gasteiger partial charge in [0.2, 0.25) is 10.0 Å². The summed E-state index contributed by atoms with van der Waals surface area (Å²) in [6.45, 7) is 3.37. The lowest BCUT2D eigenvalue weighted by atomic mass is 10.0. The van der Waals surface area contributed by atoms with Gasteiger partial charge in [0.15, 0.2) is 0 Å². The number of nitrogens with zero attached hydrogens (tertiary/aromatic N) is 1. The first-order valence-electron chi connectivity index (χ1n) is 8.43. The Morgan fingerprint density at radius 1 is 1.28 bits per heavy atom. The summed E-state index contributed by atoms with van der Waals surface area (Å²) < 4.78 is 70.8. The van der Waals surface area contributed by atoms with Crippen LogP contribution >= 0.6 is 0 Å². The van der Waals surface area contributed by atoms with Crippen molar-refractivity contribution in [3.63, 3.8) is 0 Å². The van der Waals surface area contributed by atoms with Crippen molar-refractivity contribution in [1.29, 1.82) is 0 Å². The highest BCUT2D eigenvalue weighted by Crippen LogP contribution is 2.45. The van der Waals surface area contributed by atoms with Gasteiger partial charge in [-0.25, -0.2) is 8.42 Å². The molecule has 1 heterocycles. The highest BCUT2D eigenvalue weighted by Gasteiger charge is 2.51. The van der Waals surface area contributed by atoms with Gasteiger partial charge in [0.05, 0.1) is 16.9 Å². The fourth-order valence-electron chi connectivity index (χ4n) is 3.84. The molecule has 1 saturated heterocycles. The van der Waals surface area contributed by atoms with Gasteiger partial charge >= 0.3 is 6.18 Å². The zero-order valence-electron chi connectivity index (χ0n) is 14.2. The van der Waals surface area contributed by atoms with E-state index >= 15 is 0 Å². The van der Waals surface area contributed by atoms with E-state index in [9.17, 15) is 21.6 Å². The molecule has 25 heavy (non-hydrogen) atoms. The molecule has 0 spiro atoms. The minimum absolute atomic E-state index is 0.00694. The number of sulfonamides is 1. The molecule has 8 heteroatoms. The van der Waals surface area contributed by atoms with Gasteiger partial charge < -0.3 is 4.74 Å². The van der Waals surface area contributed by atoms with Crippen molar-refractivity contribution in [3.8, 4) is 5.75 Å². The zero-order chi connectivity index (χ0) is 18.4. The van der Waals surface area contributed by atoms with Crippen LogP contribution in [0.25, 0.3) is 0 Å². The minimum Gasteiger partial charge on any atom is -0.492 e. The third-order valence-corrected chi connectivity index (χ3v) is 7.50. The lowest BCUT2D eigenvalue weighted by Crippen LogP contribution is -2.50. The van der Waals surface area contributed by atoms with Crippen molar-refractivity contribution in [2.75, 3.05) is 6.61 Å². The highest BCUT2D eigenvalue weighted by molar-refractivity contribution is 7.89. The van der Waals surface area contributed by atoms with Gasteiger partial charge in [-0.2, -0.15) is 17.5 Å². The molecule has 2 bridgehead atoms. The Hall–Kier alpha value is -1.28. The van der Waals surface area contributed by atoms with E-state index in [-0.39, 0.29) is 30.4 Å². The van der Waals surface area contributed by atoms with Gasteiger partial charge in [-0.1, -0.05) is 6.07 Å². The van der Waals surface area contributed by atoms with E-state index in [1.165, 1.54) is 12.1 Å². The summed E-state index contributed by atoms with van der Waals surface area (Å²) in [5.41, 5.74) is -0.774. The van der Waals surface area contributed by atoms with Crippen LogP contribution < -0.4 is 4.74 Å². The predicted molar refractivity (Wildman–Crippen MR) is 87.8 cm³/mol. The lowest BCUT2D eigenvalue weighted by Gasteiger charge is -2.35. The fourth-order valence-corrected chi connectivity index (χ4v) is 5.55. The number of hydrogen-bond donors (Lipinski definition) is 0. The zero-order valence-corrected chi connectivity index (χ0v) is 15.0. The van der Waals surface area contributed by atoms with Crippen molar-refractivity contribution >= 4 is 10.0 Å². The first-order chi connectivity index (χ1) is 11.6. The molecule has 3 rings (SSSR count). The molecule has 1 saturated carbocycles. The highest BCUT2D eigenvalue weighted by atomic mass is 32.2. The van der Waals surface area contributed by atoms with Crippen LogP contribution in [0.5, 0.6) is 5.75 Å². The van der Waals surface area contributed by atoms with E-state index in [2.05, 4.69) is 0 Å². The summed E-state index contributed by atoms with van der Waals surface area (Å²) in [7, 11) is -3.42. The minimum atomic E-state index is -4.43. The molecule has 1 aliphatic heterocycles. The van der Waals surface area contributed by atoms with Crippen LogP contribution in [0.2, 0.25) is 0 Å². The van der Waals surface area contributed by atoms with Crippen molar-refractivity contribution in [2.45, 2.75) is 56.6 Å². The molecule has 1 aromatic carbocycles. The van der Waals surface area contributed by atoms with Crippen LogP contribution in [-0.2, 0) is 16.2 Å². The quantitative estimate of drug-likeness (QED) is 0.787. The Morgan fingerprint density at radius 3 is 2.64 bits per heavy atom. The number of alkyl halides is 3. The summed E-state index contributed by atoms with van der Waals surface area (Å²) in [5, 5.41) is -0.525. The van der Waals surface area contributed by atoms with E-state index in [1.807, 2.05) is 0 Å². The van der Waals surface area contributed by atoms with Crippen LogP contribution in [0.1, 0.15) is 38.7 Å². The Kier molecular flexibility index (Phi) is 4.79. The second-order valence-electron chi connectivity index (χ2n) is 7.05. The molecule has 4 nitrogen and oxygen atoms in total. The van der Waals surface area contributed by atoms with E-state index < -0.39 is 27.0 Å². The maximum Gasteiger partial charge on any atom is 0.416 e. The molecule has 2 aliphatic rings. The molecule has 2 fully saturated rings. The summed E-state index contributed by atoms with van der Waals surface area (Å²) in [5.74, 6) is 0.323. The number of benzene rings is 1. The first kappa shape index (κ1) is 18.5. The normalized spacial score (nSPS) is 27.2. The monoisotopic (exact) mass is 377 g/mol. The molecule has 0 aromatic heterocycles. The van der Waals surface area contributed by atoms with Gasteiger partial charge in [0.1, 0.15) is 12.4 Å². The summed E-state index contributed by atoms with van der Waals surface area (Å²) in [4.78, 5) is 0. The molecule has 1 aromatic rings. The molecule has 140 valence electrons. The Balaban J connectivity index is 1.76. The largest absolute Gasteiger partial charge is 0.492 e. The number of halogens is 3. The molecule has 1 aliphatic carbocycles. The van der Waals surface area contributed by atoms with E-state index in [0.29, 0.717) is 0 Å². The molecule has 0 radical (unpaired) electrons. The number of rotatable bonds is 5. The molecular formula is C17H22F3NO3S. The van der Waals surface area contributed by atoms with Gasteiger partial charge in [0.25, 0.3) is 0 Å². The Bertz CT molecular complexity index is 733. The Labute approximate surface area is 146 Å². The lowest BCUT2D eigenvalue weighted by molar-refractivity contribution is -0.137. The second kappa shape index (κ2) is 6.46. The molecular weight excluding hydrogens is 355 g/mol. The van der Waals surface area contributed by atoms with Crippen molar-refractivity contribution in [2.24, 2.45) is 5.92 Å². The van der Waals surface area contributed by atoms with Crippen molar-refractivity contribution < 1.29 is 26.3 Å². The molecule has 0 amide bonds. The SMILES string of the molecule is CC(C)S(=O)(=O)N1[C@H]2CC[C@@H](C2)[C@H]1COc1cccc(C(F)(F)F)c1.